The number of carbonyl (C=O) groups is 2. The van der Waals surface area contributed by atoms with Crippen LogP contribution in [0.1, 0.15) is 12.7 Å². The van der Waals surface area contributed by atoms with Gasteiger partial charge in [0.1, 0.15) is 18.1 Å². The first-order valence-corrected chi connectivity index (χ1v) is 7.29. The molecule has 6 nitrogen and oxygen atoms in total. The minimum atomic E-state index is -0.302. The van der Waals surface area contributed by atoms with Crippen LogP contribution in [0.4, 0.5) is 5.69 Å². The number of benzene rings is 1. The molecule has 0 unspecified atom stereocenters. The molecule has 0 bridgehead atoms. The topological polar surface area (TPSA) is 71.8 Å². The molecule has 2 aromatic rings. The maximum absolute atomic E-state index is 12.0. The van der Waals surface area contributed by atoms with Gasteiger partial charge in [0, 0.05) is 12.6 Å². The minimum absolute atomic E-state index is 0.112. The van der Waals surface area contributed by atoms with E-state index in [1.807, 2.05) is 0 Å². The smallest absolute Gasteiger partial charge is 0.240 e. The summed E-state index contributed by atoms with van der Waals surface area (Å²) < 4.78 is 10.2. The van der Waals surface area contributed by atoms with Crippen LogP contribution in [0.15, 0.2) is 41.0 Å². The average Bonchev–Trinajstić information content (AvgIpc) is 3.03. The number of methoxy groups -OCH3 is 1. The number of halogens is 1. The van der Waals surface area contributed by atoms with Gasteiger partial charge in [-0.2, -0.15) is 0 Å². The number of ether oxygens (including phenoxy) is 1. The molecule has 0 radical (unpaired) electrons. The third-order valence-corrected chi connectivity index (χ3v) is 3.46. The van der Waals surface area contributed by atoms with Crippen LogP contribution in [0.5, 0.6) is 5.75 Å². The molecule has 2 amide bonds. The summed E-state index contributed by atoms with van der Waals surface area (Å²) in [5.41, 5.74) is 0.524. The second-order valence-corrected chi connectivity index (χ2v) is 5.19. The Bertz CT molecular complexity index is 685. The molecule has 1 aromatic heterocycles. The highest BCUT2D eigenvalue weighted by Gasteiger charge is 2.17. The van der Waals surface area contributed by atoms with Gasteiger partial charge in [-0.1, -0.05) is 11.6 Å². The molecule has 23 heavy (non-hydrogen) atoms. The van der Waals surface area contributed by atoms with E-state index < -0.39 is 0 Å². The lowest BCUT2D eigenvalue weighted by Gasteiger charge is -2.21. The van der Waals surface area contributed by atoms with Crippen LogP contribution in [0, 0.1) is 0 Å². The number of nitrogens with one attached hydrogen (secondary N) is 1. The number of anilines is 1. The van der Waals surface area contributed by atoms with Crippen LogP contribution in [-0.4, -0.2) is 25.5 Å². The van der Waals surface area contributed by atoms with E-state index in [1.54, 1.807) is 30.3 Å². The van der Waals surface area contributed by atoms with Gasteiger partial charge in [-0.25, -0.2) is 0 Å². The van der Waals surface area contributed by atoms with Crippen molar-refractivity contribution in [1.82, 2.24) is 5.32 Å². The van der Waals surface area contributed by atoms with Gasteiger partial charge in [0.25, 0.3) is 0 Å². The van der Waals surface area contributed by atoms with Gasteiger partial charge in [-0.3, -0.25) is 9.59 Å². The zero-order chi connectivity index (χ0) is 16.8. The first-order valence-electron chi connectivity index (χ1n) is 6.92. The maximum atomic E-state index is 12.0. The van der Waals surface area contributed by atoms with E-state index in [-0.39, 0.29) is 24.9 Å². The zero-order valence-corrected chi connectivity index (χ0v) is 13.6. The largest absolute Gasteiger partial charge is 0.495 e. The van der Waals surface area contributed by atoms with Crippen LogP contribution in [-0.2, 0) is 16.1 Å². The van der Waals surface area contributed by atoms with Gasteiger partial charge < -0.3 is 19.4 Å². The molecule has 122 valence electrons. The van der Waals surface area contributed by atoms with Gasteiger partial charge in [0.15, 0.2) is 0 Å². The number of rotatable bonds is 6. The summed E-state index contributed by atoms with van der Waals surface area (Å²) in [4.78, 5) is 25.2. The SMILES string of the molecule is COc1ccc(N(CC(=O)NCc2ccco2)C(C)=O)cc1Cl. The van der Waals surface area contributed by atoms with Crippen LogP contribution in [0.3, 0.4) is 0 Å². The van der Waals surface area contributed by atoms with Gasteiger partial charge >= 0.3 is 0 Å². The van der Waals surface area contributed by atoms with Crippen molar-refractivity contribution in [3.8, 4) is 5.75 Å². The molecule has 0 aliphatic rings. The van der Waals surface area contributed by atoms with Crippen molar-refractivity contribution in [2.75, 3.05) is 18.6 Å². The fourth-order valence-electron chi connectivity index (χ4n) is 2.01. The molecular formula is C16H17ClN2O4. The number of furan rings is 1. The van der Waals surface area contributed by atoms with Gasteiger partial charge in [-0.15, -0.1) is 0 Å². The highest BCUT2D eigenvalue weighted by Crippen LogP contribution is 2.29. The first kappa shape index (κ1) is 16.9. The number of amides is 2. The van der Waals surface area contributed by atoms with E-state index in [9.17, 15) is 9.59 Å². The van der Waals surface area contributed by atoms with E-state index >= 15 is 0 Å². The highest BCUT2D eigenvalue weighted by molar-refractivity contribution is 6.32. The van der Waals surface area contributed by atoms with Crippen LogP contribution in [0.25, 0.3) is 0 Å². The van der Waals surface area contributed by atoms with E-state index in [4.69, 9.17) is 20.8 Å². The quantitative estimate of drug-likeness (QED) is 0.880. The number of nitrogens with zero attached hydrogens (tertiary/aromatic N) is 1. The molecule has 0 spiro atoms. The molecule has 0 fully saturated rings. The monoisotopic (exact) mass is 336 g/mol. The Hall–Kier alpha value is -2.47. The second kappa shape index (κ2) is 7.69. The molecule has 0 saturated carbocycles. The van der Waals surface area contributed by atoms with Gasteiger partial charge in [0.05, 0.1) is 24.9 Å². The Morgan fingerprint density at radius 3 is 2.70 bits per heavy atom. The predicted octanol–water partition coefficient (Wildman–Crippen LogP) is 2.61. The van der Waals surface area contributed by atoms with Crippen molar-refractivity contribution in [2.45, 2.75) is 13.5 Å². The Kier molecular flexibility index (Phi) is 5.65. The second-order valence-electron chi connectivity index (χ2n) is 4.78. The third-order valence-electron chi connectivity index (χ3n) is 3.17. The Morgan fingerprint density at radius 1 is 1.35 bits per heavy atom. The molecule has 1 heterocycles. The van der Waals surface area contributed by atoms with E-state index in [1.165, 1.54) is 25.2 Å². The first-order chi connectivity index (χ1) is 11.0. The van der Waals surface area contributed by atoms with Crippen molar-refractivity contribution >= 4 is 29.1 Å². The number of hydrogen-bond acceptors (Lipinski definition) is 4. The molecule has 7 heteroatoms. The number of hydrogen-bond donors (Lipinski definition) is 1. The van der Waals surface area contributed by atoms with E-state index in [0.717, 1.165) is 0 Å². The van der Waals surface area contributed by atoms with Crippen LogP contribution < -0.4 is 15.0 Å². The molecule has 1 N–H and O–H groups in total. The molecule has 0 saturated heterocycles. The highest BCUT2D eigenvalue weighted by atomic mass is 35.5. The summed E-state index contributed by atoms with van der Waals surface area (Å²) >= 11 is 6.07. The lowest BCUT2D eigenvalue weighted by Crippen LogP contribution is -2.39. The minimum Gasteiger partial charge on any atom is -0.495 e. The molecular weight excluding hydrogens is 320 g/mol. The Morgan fingerprint density at radius 2 is 2.13 bits per heavy atom. The van der Waals surface area contributed by atoms with Crippen molar-refractivity contribution in [1.29, 1.82) is 0 Å². The Labute approximate surface area is 139 Å². The van der Waals surface area contributed by atoms with Crippen LogP contribution >= 0.6 is 11.6 Å². The van der Waals surface area contributed by atoms with Crippen molar-refractivity contribution in [3.63, 3.8) is 0 Å². The molecule has 2 rings (SSSR count). The fourth-order valence-corrected chi connectivity index (χ4v) is 2.26. The summed E-state index contributed by atoms with van der Waals surface area (Å²) in [5, 5.41) is 3.06. The summed E-state index contributed by atoms with van der Waals surface area (Å²) in [6.07, 6.45) is 1.53. The van der Waals surface area contributed by atoms with E-state index in [0.29, 0.717) is 22.2 Å². The summed E-state index contributed by atoms with van der Waals surface area (Å²) in [6.45, 7) is 1.54. The maximum Gasteiger partial charge on any atom is 0.240 e. The molecule has 0 aliphatic carbocycles. The number of carbonyl (C=O) groups excluding carboxylic acids is 2. The normalized spacial score (nSPS) is 10.2. The molecule has 0 atom stereocenters. The predicted molar refractivity (Wildman–Crippen MR) is 86.6 cm³/mol. The van der Waals surface area contributed by atoms with Gasteiger partial charge in [-0.05, 0) is 30.3 Å². The molecule has 1 aromatic carbocycles. The van der Waals surface area contributed by atoms with Crippen molar-refractivity contribution in [2.24, 2.45) is 0 Å². The van der Waals surface area contributed by atoms with E-state index in [2.05, 4.69) is 5.32 Å². The van der Waals surface area contributed by atoms with Crippen molar-refractivity contribution < 1.29 is 18.7 Å². The summed E-state index contributed by atoms with van der Waals surface area (Å²) in [5.74, 6) is 0.573. The Balaban J connectivity index is 2.04. The zero-order valence-electron chi connectivity index (χ0n) is 12.8. The average molecular weight is 337 g/mol. The standard InChI is InChI=1S/C16H17ClN2O4/c1-11(20)19(12-5-6-15(22-2)14(17)8-12)10-16(21)18-9-13-4-3-7-23-13/h3-8H,9-10H2,1-2H3,(H,18,21). The summed E-state index contributed by atoms with van der Waals surface area (Å²) in [6, 6.07) is 8.40. The third kappa shape index (κ3) is 4.50. The fraction of sp³-hybridized carbons (Fsp3) is 0.250. The van der Waals surface area contributed by atoms with Crippen molar-refractivity contribution in [3.05, 3.63) is 47.4 Å². The lowest BCUT2D eigenvalue weighted by atomic mass is 10.2. The molecule has 0 aliphatic heterocycles. The summed E-state index contributed by atoms with van der Waals surface area (Å²) in [7, 11) is 1.51. The lowest BCUT2D eigenvalue weighted by molar-refractivity contribution is -0.123. The van der Waals surface area contributed by atoms with Gasteiger partial charge in [0.2, 0.25) is 11.8 Å². The van der Waals surface area contributed by atoms with Crippen LogP contribution in [0.2, 0.25) is 5.02 Å².